The molecule has 0 aliphatic rings. The third kappa shape index (κ3) is 5.23. The van der Waals surface area contributed by atoms with Crippen LogP contribution in [0.15, 0.2) is 48.5 Å². The van der Waals surface area contributed by atoms with E-state index in [1.54, 1.807) is 0 Å². The first-order valence-corrected chi connectivity index (χ1v) is 8.83. The van der Waals surface area contributed by atoms with Gasteiger partial charge in [0.15, 0.2) is 13.2 Å². The Morgan fingerprint density at radius 2 is 1.82 bits per heavy atom. The number of amides is 1. The van der Waals surface area contributed by atoms with Crippen LogP contribution in [0.3, 0.4) is 0 Å². The van der Waals surface area contributed by atoms with Crippen LogP contribution in [-0.4, -0.2) is 38.7 Å². The molecule has 1 N–H and O–H groups in total. The zero-order valence-corrected chi connectivity index (χ0v) is 15.8. The number of hydrogen-bond acceptors (Lipinski definition) is 6. The minimum Gasteiger partial charge on any atom is -0.454 e. The van der Waals surface area contributed by atoms with Crippen molar-refractivity contribution in [3.63, 3.8) is 0 Å². The summed E-state index contributed by atoms with van der Waals surface area (Å²) in [5.41, 5.74) is 4.03. The summed E-state index contributed by atoms with van der Waals surface area (Å²) in [7, 11) is 0. The van der Waals surface area contributed by atoms with Crippen molar-refractivity contribution >= 4 is 11.9 Å². The van der Waals surface area contributed by atoms with E-state index in [-0.39, 0.29) is 19.1 Å². The summed E-state index contributed by atoms with van der Waals surface area (Å²) in [5.74, 6) is -0.564. The molecule has 1 amide bonds. The molecule has 8 nitrogen and oxygen atoms in total. The summed E-state index contributed by atoms with van der Waals surface area (Å²) in [6, 6.07) is 15.4. The Morgan fingerprint density at radius 3 is 2.57 bits per heavy atom. The van der Waals surface area contributed by atoms with Crippen LogP contribution in [0.25, 0.3) is 11.4 Å². The topological polar surface area (TPSA) is 99.0 Å². The van der Waals surface area contributed by atoms with Crippen molar-refractivity contribution in [2.24, 2.45) is 0 Å². The lowest BCUT2D eigenvalue weighted by Crippen LogP contribution is -2.29. The number of aryl methyl sites for hydroxylation is 2. The molecule has 8 heteroatoms. The highest BCUT2D eigenvalue weighted by Crippen LogP contribution is 2.13. The molecule has 0 bridgehead atoms. The van der Waals surface area contributed by atoms with E-state index < -0.39 is 5.97 Å². The van der Waals surface area contributed by atoms with Crippen LogP contribution in [0, 0.1) is 13.8 Å². The first-order valence-electron chi connectivity index (χ1n) is 8.83. The molecule has 0 unspecified atom stereocenters. The third-order valence-corrected chi connectivity index (χ3v) is 4.13. The number of carbonyl (C=O) groups excluding carboxylic acids is 2. The summed E-state index contributed by atoms with van der Waals surface area (Å²) < 4.78 is 4.98. The largest absolute Gasteiger partial charge is 0.454 e. The van der Waals surface area contributed by atoms with E-state index in [0.717, 1.165) is 27.1 Å². The minimum atomic E-state index is -0.612. The van der Waals surface area contributed by atoms with E-state index in [4.69, 9.17) is 4.74 Å². The van der Waals surface area contributed by atoms with Crippen molar-refractivity contribution in [1.29, 1.82) is 0 Å². The number of ether oxygens (including phenoxy) is 1. The van der Waals surface area contributed by atoms with Crippen LogP contribution in [0.2, 0.25) is 0 Å². The molecule has 1 heterocycles. The number of esters is 1. The first-order chi connectivity index (χ1) is 13.5. The van der Waals surface area contributed by atoms with Gasteiger partial charge in [0, 0.05) is 12.1 Å². The lowest BCUT2D eigenvalue weighted by atomic mass is 10.1. The Hall–Kier alpha value is -3.55. The van der Waals surface area contributed by atoms with Crippen molar-refractivity contribution < 1.29 is 14.3 Å². The smallest absolute Gasteiger partial charge is 0.330 e. The summed E-state index contributed by atoms with van der Waals surface area (Å²) >= 11 is 0. The van der Waals surface area contributed by atoms with Gasteiger partial charge in [-0.05, 0) is 30.2 Å². The monoisotopic (exact) mass is 379 g/mol. The van der Waals surface area contributed by atoms with Crippen LogP contribution in [0.1, 0.15) is 16.7 Å². The zero-order valence-electron chi connectivity index (χ0n) is 15.8. The van der Waals surface area contributed by atoms with Gasteiger partial charge in [-0.2, -0.15) is 4.80 Å². The second-order valence-corrected chi connectivity index (χ2v) is 6.37. The van der Waals surface area contributed by atoms with E-state index in [1.165, 1.54) is 0 Å². The lowest BCUT2D eigenvalue weighted by Gasteiger charge is -2.08. The molecule has 3 rings (SSSR count). The lowest BCUT2D eigenvalue weighted by molar-refractivity contribution is -0.149. The predicted octanol–water partition coefficient (Wildman–Crippen LogP) is 1.82. The molecule has 0 aliphatic heterocycles. The summed E-state index contributed by atoms with van der Waals surface area (Å²) in [5, 5.41) is 14.7. The zero-order chi connectivity index (χ0) is 19.9. The number of carbonyl (C=O) groups is 2. The molecule has 0 aliphatic carbocycles. The highest BCUT2D eigenvalue weighted by molar-refractivity contribution is 5.80. The van der Waals surface area contributed by atoms with Crippen LogP contribution in [0.4, 0.5) is 0 Å². The van der Waals surface area contributed by atoms with Gasteiger partial charge in [-0.3, -0.25) is 4.79 Å². The highest BCUT2D eigenvalue weighted by Gasteiger charge is 2.12. The first kappa shape index (κ1) is 19.2. The average Bonchev–Trinajstić information content (AvgIpc) is 3.14. The van der Waals surface area contributed by atoms with Gasteiger partial charge < -0.3 is 10.1 Å². The SMILES string of the molecule is Cc1ccc(-c2nnn(CC(=O)OCC(=O)NCc3ccccc3C)n2)cc1. The predicted molar refractivity (Wildman–Crippen MR) is 102 cm³/mol. The fourth-order valence-electron chi connectivity index (χ4n) is 2.49. The average molecular weight is 379 g/mol. The molecule has 0 spiro atoms. The van der Waals surface area contributed by atoms with Crippen molar-refractivity contribution in [3.05, 3.63) is 65.2 Å². The van der Waals surface area contributed by atoms with Crippen LogP contribution in [0.5, 0.6) is 0 Å². The van der Waals surface area contributed by atoms with Crippen molar-refractivity contribution in [1.82, 2.24) is 25.5 Å². The molecule has 2 aromatic carbocycles. The quantitative estimate of drug-likeness (QED) is 0.629. The molecule has 0 saturated carbocycles. The Balaban J connectivity index is 1.45. The number of tetrazole rings is 1. The number of nitrogens with one attached hydrogen (secondary N) is 1. The van der Waals surface area contributed by atoms with Gasteiger partial charge in [-0.1, -0.05) is 54.1 Å². The van der Waals surface area contributed by atoms with Crippen molar-refractivity contribution in [3.8, 4) is 11.4 Å². The van der Waals surface area contributed by atoms with E-state index in [2.05, 4.69) is 20.7 Å². The molecule has 0 saturated heterocycles. The van der Waals surface area contributed by atoms with Gasteiger partial charge in [-0.15, -0.1) is 10.2 Å². The fourth-order valence-corrected chi connectivity index (χ4v) is 2.49. The maximum absolute atomic E-state index is 11.9. The van der Waals surface area contributed by atoms with Gasteiger partial charge in [-0.25, -0.2) is 4.79 Å². The standard InChI is InChI=1S/C20H21N5O3/c1-14-7-9-16(10-8-14)20-22-24-25(23-20)12-19(27)28-13-18(26)21-11-17-6-4-3-5-15(17)2/h3-10H,11-13H2,1-2H3,(H,21,26). The molecule has 1 aromatic heterocycles. The number of aromatic nitrogens is 4. The molecular weight excluding hydrogens is 358 g/mol. The Morgan fingerprint density at radius 1 is 1.07 bits per heavy atom. The Labute approximate surface area is 162 Å². The summed E-state index contributed by atoms with van der Waals surface area (Å²) in [6.07, 6.45) is 0. The second-order valence-electron chi connectivity index (χ2n) is 6.37. The number of nitrogens with zero attached hydrogens (tertiary/aromatic N) is 4. The molecule has 0 radical (unpaired) electrons. The highest BCUT2D eigenvalue weighted by atomic mass is 16.5. The van der Waals surface area contributed by atoms with Gasteiger partial charge in [0.1, 0.15) is 0 Å². The minimum absolute atomic E-state index is 0.218. The van der Waals surface area contributed by atoms with Crippen LogP contribution >= 0.6 is 0 Å². The van der Waals surface area contributed by atoms with Crippen molar-refractivity contribution in [2.45, 2.75) is 26.9 Å². The van der Waals surface area contributed by atoms with E-state index in [1.807, 2.05) is 62.4 Å². The van der Waals surface area contributed by atoms with Crippen LogP contribution < -0.4 is 5.32 Å². The summed E-state index contributed by atoms with van der Waals surface area (Å²) in [4.78, 5) is 24.9. The van der Waals surface area contributed by atoms with Gasteiger partial charge in [0.05, 0.1) is 0 Å². The Kier molecular flexibility index (Phi) is 6.11. The summed E-state index contributed by atoms with van der Waals surface area (Å²) in [6.45, 7) is 3.76. The Bertz CT molecular complexity index is 966. The third-order valence-electron chi connectivity index (χ3n) is 4.13. The van der Waals surface area contributed by atoms with Gasteiger partial charge in [0.25, 0.3) is 5.91 Å². The molecule has 0 fully saturated rings. The van der Waals surface area contributed by atoms with E-state index in [0.29, 0.717) is 12.4 Å². The molecule has 28 heavy (non-hydrogen) atoms. The molecular formula is C20H21N5O3. The van der Waals surface area contributed by atoms with Gasteiger partial charge >= 0.3 is 5.97 Å². The maximum Gasteiger partial charge on any atom is 0.330 e. The molecule has 144 valence electrons. The maximum atomic E-state index is 11.9. The van der Waals surface area contributed by atoms with E-state index in [9.17, 15) is 9.59 Å². The number of hydrogen-bond donors (Lipinski definition) is 1. The second kappa shape index (κ2) is 8.90. The van der Waals surface area contributed by atoms with Crippen LogP contribution in [-0.2, 0) is 27.4 Å². The number of rotatable bonds is 7. The van der Waals surface area contributed by atoms with E-state index >= 15 is 0 Å². The molecule has 0 atom stereocenters. The normalized spacial score (nSPS) is 10.5. The molecule has 3 aromatic rings. The van der Waals surface area contributed by atoms with Crippen molar-refractivity contribution in [2.75, 3.05) is 6.61 Å². The number of benzene rings is 2. The van der Waals surface area contributed by atoms with Gasteiger partial charge in [0.2, 0.25) is 5.82 Å². The fraction of sp³-hybridized carbons (Fsp3) is 0.250.